The summed E-state index contributed by atoms with van der Waals surface area (Å²) in [5.41, 5.74) is 0.757. The molecule has 1 heterocycles. The molecule has 0 aromatic carbocycles. The van der Waals surface area contributed by atoms with Gasteiger partial charge in [-0.3, -0.25) is 9.97 Å². The lowest BCUT2D eigenvalue weighted by atomic mass is 10.1. The number of aliphatic hydroxyl groups excluding tert-OH is 4. The third-order valence-electron chi connectivity index (χ3n) is 1.98. The zero-order valence-electron chi connectivity index (χ0n) is 8.28. The van der Waals surface area contributed by atoms with Gasteiger partial charge in [-0.05, 0) is 6.92 Å². The number of hydrogen-bond donors (Lipinski definition) is 4. The van der Waals surface area contributed by atoms with E-state index in [4.69, 9.17) is 10.2 Å². The SMILES string of the molecule is Cc1cncc([C@H](O)[C@H](O)[C@@H](O)CO)n1. The Balaban J connectivity index is 2.80. The third-order valence-corrected chi connectivity index (χ3v) is 1.98. The van der Waals surface area contributed by atoms with E-state index in [1.807, 2.05) is 0 Å². The average molecular weight is 214 g/mol. The van der Waals surface area contributed by atoms with Crippen molar-refractivity contribution in [2.75, 3.05) is 6.61 Å². The number of aliphatic hydroxyl groups is 4. The van der Waals surface area contributed by atoms with Gasteiger partial charge in [0.1, 0.15) is 18.3 Å². The van der Waals surface area contributed by atoms with Gasteiger partial charge in [0.25, 0.3) is 0 Å². The Morgan fingerprint density at radius 1 is 1.27 bits per heavy atom. The smallest absolute Gasteiger partial charge is 0.126 e. The van der Waals surface area contributed by atoms with Gasteiger partial charge in [0, 0.05) is 6.20 Å². The van der Waals surface area contributed by atoms with E-state index in [-0.39, 0.29) is 5.69 Å². The van der Waals surface area contributed by atoms with Crippen molar-refractivity contribution in [1.82, 2.24) is 9.97 Å². The Morgan fingerprint density at radius 2 is 1.93 bits per heavy atom. The monoisotopic (exact) mass is 214 g/mol. The standard InChI is InChI=1S/C9H14N2O4/c1-5-2-10-3-6(11-5)8(14)9(15)7(13)4-12/h2-3,7-9,12-15H,4H2,1H3/t7-,8-,9+/m0/s1. The first kappa shape index (κ1) is 12.0. The maximum atomic E-state index is 9.59. The van der Waals surface area contributed by atoms with E-state index in [1.165, 1.54) is 12.4 Å². The Morgan fingerprint density at radius 3 is 2.47 bits per heavy atom. The molecule has 4 N–H and O–H groups in total. The van der Waals surface area contributed by atoms with Crippen molar-refractivity contribution in [2.24, 2.45) is 0 Å². The van der Waals surface area contributed by atoms with Gasteiger partial charge in [0.15, 0.2) is 0 Å². The second-order valence-electron chi connectivity index (χ2n) is 3.27. The first-order chi connectivity index (χ1) is 7.06. The fraction of sp³-hybridized carbons (Fsp3) is 0.556. The Labute approximate surface area is 86.9 Å². The minimum atomic E-state index is -1.48. The van der Waals surface area contributed by atoms with Crippen LogP contribution in [0.4, 0.5) is 0 Å². The van der Waals surface area contributed by atoms with Crippen molar-refractivity contribution in [2.45, 2.75) is 25.2 Å². The van der Waals surface area contributed by atoms with E-state index in [0.717, 1.165) is 0 Å². The summed E-state index contributed by atoms with van der Waals surface area (Å²) in [6.07, 6.45) is -1.44. The highest BCUT2D eigenvalue weighted by atomic mass is 16.4. The summed E-state index contributed by atoms with van der Waals surface area (Å²) in [5, 5.41) is 36.7. The van der Waals surface area contributed by atoms with Crippen molar-refractivity contribution in [3.8, 4) is 0 Å². The molecular formula is C9H14N2O4. The molecule has 1 rings (SSSR count). The normalized spacial score (nSPS) is 17.1. The number of nitrogens with zero attached hydrogens (tertiary/aromatic N) is 2. The van der Waals surface area contributed by atoms with Crippen molar-refractivity contribution in [3.05, 3.63) is 23.8 Å². The number of rotatable bonds is 4. The van der Waals surface area contributed by atoms with Crippen LogP contribution in [0.5, 0.6) is 0 Å². The summed E-state index contributed by atoms with van der Waals surface area (Å²) >= 11 is 0. The van der Waals surface area contributed by atoms with Crippen molar-refractivity contribution >= 4 is 0 Å². The quantitative estimate of drug-likeness (QED) is 0.487. The topological polar surface area (TPSA) is 107 Å². The third kappa shape index (κ3) is 2.93. The van der Waals surface area contributed by atoms with Gasteiger partial charge in [0.2, 0.25) is 0 Å². The van der Waals surface area contributed by atoms with E-state index >= 15 is 0 Å². The zero-order valence-corrected chi connectivity index (χ0v) is 8.28. The van der Waals surface area contributed by atoms with E-state index in [2.05, 4.69) is 9.97 Å². The minimum Gasteiger partial charge on any atom is -0.394 e. The first-order valence-corrected chi connectivity index (χ1v) is 4.50. The fourth-order valence-corrected chi connectivity index (χ4v) is 1.12. The van der Waals surface area contributed by atoms with E-state index in [0.29, 0.717) is 5.69 Å². The molecule has 0 saturated carbocycles. The Bertz CT molecular complexity index is 321. The number of hydrogen-bond acceptors (Lipinski definition) is 6. The molecule has 0 radical (unpaired) electrons. The van der Waals surface area contributed by atoms with E-state index < -0.39 is 24.9 Å². The Kier molecular flexibility index (Phi) is 4.10. The van der Waals surface area contributed by atoms with Crippen molar-refractivity contribution in [3.63, 3.8) is 0 Å². The van der Waals surface area contributed by atoms with Gasteiger partial charge < -0.3 is 20.4 Å². The van der Waals surface area contributed by atoms with Crippen LogP contribution in [0.1, 0.15) is 17.5 Å². The van der Waals surface area contributed by atoms with E-state index in [1.54, 1.807) is 6.92 Å². The van der Waals surface area contributed by atoms with Crippen LogP contribution in [-0.4, -0.2) is 49.2 Å². The highest BCUT2D eigenvalue weighted by molar-refractivity contribution is 5.06. The molecule has 15 heavy (non-hydrogen) atoms. The number of aromatic nitrogens is 2. The van der Waals surface area contributed by atoms with Crippen LogP contribution in [0.2, 0.25) is 0 Å². The first-order valence-electron chi connectivity index (χ1n) is 4.50. The molecule has 3 atom stereocenters. The maximum absolute atomic E-state index is 9.59. The van der Waals surface area contributed by atoms with Crippen LogP contribution >= 0.6 is 0 Å². The fourth-order valence-electron chi connectivity index (χ4n) is 1.12. The summed E-state index contributed by atoms with van der Waals surface area (Å²) in [5.74, 6) is 0. The molecule has 6 nitrogen and oxygen atoms in total. The molecule has 6 heteroatoms. The van der Waals surface area contributed by atoms with Gasteiger partial charge in [-0.2, -0.15) is 0 Å². The molecule has 0 fully saturated rings. The van der Waals surface area contributed by atoms with Gasteiger partial charge in [-0.25, -0.2) is 0 Å². The second kappa shape index (κ2) is 5.13. The zero-order chi connectivity index (χ0) is 11.4. The molecule has 1 aromatic heterocycles. The molecule has 0 aliphatic heterocycles. The van der Waals surface area contributed by atoms with Crippen LogP contribution in [-0.2, 0) is 0 Å². The van der Waals surface area contributed by atoms with Crippen LogP contribution < -0.4 is 0 Å². The van der Waals surface area contributed by atoms with Crippen LogP contribution in [0.25, 0.3) is 0 Å². The maximum Gasteiger partial charge on any atom is 0.126 e. The predicted molar refractivity (Wildman–Crippen MR) is 50.8 cm³/mol. The van der Waals surface area contributed by atoms with Gasteiger partial charge in [-0.1, -0.05) is 0 Å². The molecule has 84 valence electrons. The largest absolute Gasteiger partial charge is 0.394 e. The van der Waals surface area contributed by atoms with E-state index in [9.17, 15) is 10.2 Å². The highest BCUT2D eigenvalue weighted by Gasteiger charge is 2.26. The van der Waals surface area contributed by atoms with Gasteiger partial charge >= 0.3 is 0 Å². The summed E-state index contributed by atoms with van der Waals surface area (Å²) in [6, 6.07) is 0. The lowest BCUT2D eigenvalue weighted by Gasteiger charge is -2.20. The average Bonchev–Trinajstić information content (AvgIpc) is 2.26. The molecule has 0 spiro atoms. The molecule has 0 unspecified atom stereocenters. The van der Waals surface area contributed by atoms with Crippen molar-refractivity contribution in [1.29, 1.82) is 0 Å². The number of aryl methyl sites for hydroxylation is 1. The summed E-state index contributed by atoms with van der Waals surface area (Å²) in [4.78, 5) is 7.74. The Hall–Kier alpha value is -1.08. The lowest BCUT2D eigenvalue weighted by molar-refractivity contribution is -0.0790. The predicted octanol–water partition coefficient (Wildman–Crippen LogP) is -1.47. The molecule has 0 saturated heterocycles. The van der Waals surface area contributed by atoms with Crippen molar-refractivity contribution < 1.29 is 20.4 Å². The van der Waals surface area contributed by atoms with Gasteiger partial charge in [-0.15, -0.1) is 0 Å². The molecule has 0 aliphatic rings. The molecule has 0 bridgehead atoms. The molecule has 1 aromatic rings. The van der Waals surface area contributed by atoms with Gasteiger partial charge in [0.05, 0.1) is 24.2 Å². The summed E-state index contributed by atoms with van der Waals surface area (Å²) in [6.45, 7) is 1.07. The highest BCUT2D eigenvalue weighted by Crippen LogP contribution is 2.16. The summed E-state index contributed by atoms with van der Waals surface area (Å²) in [7, 11) is 0. The lowest BCUT2D eigenvalue weighted by Crippen LogP contribution is -2.35. The molecular weight excluding hydrogens is 200 g/mol. The van der Waals surface area contributed by atoms with Crippen LogP contribution in [0, 0.1) is 6.92 Å². The minimum absolute atomic E-state index is 0.162. The molecule has 0 aliphatic carbocycles. The molecule has 0 amide bonds. The van der Waals surface area contributed by atoms with Crippen LogP contribution in [0.3, 0.4) is 0 Å². The van der Waals surface area contributed by atoms with Crippen LogP contribution in [0.15, 0.2) is 12.4 Å². The summed E-state index contributed by atoms with van der Waals surface area (Å²) < 4.78 is 0. The second-order valence-corrected chi connectivity index (χ2v) is 3.27.